The van der Waals surface area contributed by atoms with Crippen molar-refractivity contribution in [3.05, 3.63) is 0 Å². The summed E-state index contributed by atoms with van der Waals surface area (Å²) in [6, 6.07) is 0. The van der Waals surface area contributed by atoms with Crippen molar-refractivity contribution in [2.45, 2.75) is 25.4 Å². The molecule has 0 aromatic rings. The van der Waals surface area contributed by atoms with E-state index in [2.05, 4.69) is 0 Å². The van der Waals surface area contributed by atoms with Crippen LogP contribution in [0.5, 0.6) is 0 Å². The quantitative estimate of drug-likeness (QED) is 0.450. The second-order valence-electron chi connectivity index (χ2n) is 2.10. The van der Waals surface area contributed by atoms with E-state index >= 15 is 0 Å². The Balaban J connectivity index is -0.000000500. The standard InChI is InChI=1S/C6H10O5.2Na/c7-4(6(10)11)2-1-3-5(8)9;;/h4,7H,1-3H2,(H,8,9)(H,10,11);;/q;2*+1/p-2. The normalized spacial score (nSPS) is 10.5. The first-order valence-corrected chi connectivity index (χ1v) is 3.13. The van der Waals surface area contributed by atoms with Crippen LogP contribution in [-0.2, 0) is 9.59 Å². The topological polar surface area (TPSA) is 100 Å². The zero-order valence-electron chi connectivity index (χ0n) is 7.78. The van der Waals surface area contributed by atoms with E-state index in [1.807, 2.05) is 0 Å². The van der Waals surface area contributed by atoms with Crippen molar-refractivity contribution in [1.82, 2.24) is 0 Å². The Labute approximate surface area is 120 Å². The summed E-state index contributed by atoms with van der Waals surface area (Å²) in [5.41, 5.74) is 0. The summed E-state index contributed by atoms with van der Waals surface area (Å²) in [5, 5.41) is 28.2. The van der Waals surface area contributed by atoms with Gasteiger partial charge in [0.15, 0.2) is 0 Å². The fourth-order valence-corrected chi connectivity index (χ4v) is 0.558. The van der Waals surface area contributed by atoms with E-state index in [4.69, 9.17) is 5.11 Å². The molecule has 0 saturated carbocycles. The zero-order valence-corrected chi connectivity index (χ0v) is 11.8. The Morgan fingerprint density at radius 3 is 2.00 bits per heavy atom. The molecule has 0 bridgehead atoms. The number of carbonyl (C=O) groups excluding carboxylic acids is 2. The molecule has 0 heterocycles. The second-order valence-corrected chi connectivity index (χ2v) is 2.10. The van der Waals surface area contributed by atoms with Crippen LogP contribution in [0.3, 0.4) is 0 Å². The van der Waals surface area contributed by atoms with Gasteiger partial charge in [0.1, 0.15) is 0 Å². The number of carboxylic acid groups (broad SMARTS) is 2. The van der Waals surface area contributed by atoms with E-state index in [0.717, 1.165) is 0 Å². The monoisotopic (exact) mass is 206 g/mol. The van der Waals surface area contributed by atoms with E-state index in [1.54, 1.807) is 0 Å². The maximum absolute atomic E-state index is 9.85. The Bertz CT molecular complexity index is 161. The first-order chi connectivity index (χ1) is 5.04. The van der Waals surface area contributed by atoms with Crippen LogP contribution in [0.1, 0.15) is 19.3 Å². The van der Waals surface area contributed by atoms with Crippen molar-refractivity contribution >= 4 is 11.9 Å². The molecule has 64 valence electrons. The minimum absolute atomic E-state index is 0. The zero-order chi connectivity index (χ0) is 8.85. The number of carbonyl (C=O) groups is 2. The Morgan fingerprint density at radius 1 is 1.23 bits per heavy atom. The van der Waals surface area contributed by atoms with E-state index in [1.165, 1.54) is 0 Å². The molecule has 5 nitrogen and oxygen atoms in total. The molecule has 0 radical (unpaired) electrons. The van der Waals surface area contributed by atoms with E-state index < -0.39 is 18.0 Å². The molecule has 13 heavy (non-hydrogen) atoms. The molecule has 0 saturated heterocycles. The molecule has 0 aromatic carbocycles. The largest absolute Gasteiger partial charge is 1.00 e. The van der Waals surface area contributed by atoms with Crippen LogP contribution in [0.15, 0.2) is 0 Å². The molecular formula is C6H8Na2O5. The van der Waals surface area contributed by atoms with E-state index in [9.17, 15) is 19.8 Å². The molecule has 0 aromatic heterocycles. The van der Waals surface area contributed by atoms with Gasteiger partial charge in [0.05, 0.1) is 12.1 Å². The van der Waals surface area contributed by atoms with Crippen molar-refractivity contribution in [3.8, 4) is 0 Å². The Hall–Kier alpha value is 0.900. The smallest absolute Gasteiger partial charge is 0.550 e. The van der Waals surface area contributed by atoms with Crippen LogP contribution >= 0.6 is 0 Å². The number of hydrogen-bond acceptors (Lipinski definition) is 5. The fraction of sp³-hybridized carbons (Fsp3) is 0.667. The number of hydrogen-bond donors (Lipinski definition) is 1. The van der Waals surface area contributed by atoms with Gasteiger partial charge < -0.3 is 24.9 Å². The second kappa shape index (κ2) is 11.0. The van der Waals surface area contributed by atoms with Crippen molar-refractivity contribution in [3.63, 3.8) is 0 Å². The number of carboxylic acids is 2. The van der Waals surface area contributed by atoms with Crippen LogP contribution in [-0.4, -0.2) is 23.1 Å². The maximum Gasteiger partial charge on any atom is 1.00 e. The first kappa shape index (κ1) is 19.5. The van der Waals surface area contributed by atoms with Crippen molar-refractivity contribution in [2.75, 3.05) is 0 Å². The summed E-state index contributed by atoms with van der Waals surface area (Å²) >= 11 is 0. The molecule has 7 heteroatoms. The van der Waals surface area contributed by atoms with Crippen molar-refractivity contribution in [2.24, 2.45) is 0 Å². The summed E-state index contributed by atoms with van der Waals surface area (Å²) < 4.78 is 0. The van der Waals surface area contributed by atoms with Gasteiger partial charge in [-0.2, -0.15) is 0 Å². The van der Waals surface area contributed by atoms with Crippen LogP contribution in [0.25, 0.3) is 0 Å². The van der Waals surface area contributed by atoms with Gasteiger partial charge in [-0.25, -0.2) is 0 Å². The minimum Gasteiger partial charge on any atom is -0.550 e. The van der Waals surface area contributed by atoms with Crippen LogP contribution in [0, 0.1) is 0 Å². The molecule has 0 aliphatic heterocycles. The summed E-state index contributed by atoms with van der Waals surface area (Å²) in [7, 11) is 0. The predicted molar refractivity (Wildman–Crippen MR) is 29.9 cm³/mol. The number of rotatable bonds is 5. The number of aliphatic hydroxyl groups is 1. The predicted octanol–water partition coefficient (Wildman–Crippen LogP) is -8.97. The van der Waals surface area contributed by atoms with Gasteiger partial charge >= 0.3 is 59.1 Å². The molecule has 0 aliphatic rings. The first-order valence-electron chi connectivity index (χ1n) is 3.13. The van der Waals surface area contributed by atoms with E-state index in [-0.39, 0.29) is 78.4 Å². The number of aliphatic carboxylic acids is 2. The van der Waals surface area contributed by atoms with Crippen LogP contribution in [0.4, 0.5) is 0 Å². The third kappa shape index (κ3) is 12.9. The van der Waals surface area contributed by atoms with Gasteiger partial charge in [-0.05, 0) is 19.3 Å². The molecule has 1 atom stereocenters. The Morgan fingerprint density at radius 2 is 1.69 bits per heavy atom. The summed E-state index contributed by atoms with van der Waals surface area (Å²) in [5.74, 6) is -2.83. The molecule has 0 amide bonds. The van der Waals surface area contributed by atoms with Gasteiger partial charge in [0, 0.05) is 5.97 Å². The molecule has 0 fully saturated rings. The molecule has 0 aliphatic carbocycles. The molecular weight excluding hydrogens is 198 g/mol. The Kier molecular flexibility index (Phi) is 16.4. The minimum atomic E-state index is -1.58. The molecule has 0 rings (SSSR count). The van der Waals surface area contributed by atoms with Gasteiger partial charge in [0.25, 0.3) is 0 Å². The van der Waals surface area contributed by atoms with Gasteiger partial charge in [-0.3, -0.25) is 0 Å². The van der Waals surface area contributed by atoms with Crippen molar-refractivity contribution < 1.29 is 84.0 Å². The van der Waals surface area contributed by atoms with Crippen LogP contribution in [0.2, 0.25) is 0 Å². The van der Waals surface area contributed by atoms with Gasteiger partial charge in [-0.15, -0.1) is 0 Å². The SMILES string of the molecule is O=C([O-])CCCC(O)C(=O)[O-].[Na+].[Na+]. The van der Waals surface area contributed by atoms with Crippen LogP contribution < -0.4 is 69.3 Å². The van der Waals surface area contributed by atoms with Gasteiger partial charge in [-0.1, -0.05) is 0 Å². The molecule has 1 N–H and O–H groups in total. The third-order valence-electron chi connectivity index (χ3n) is 1.13. The van der Waals surface area contributed by atoms with Gasteiger partial charge in [0.2, 0.25) is 0 Å². The summed E-state index contributed by atoms with van der Waals surface area (Å²) in [4.78, 5) is 19.6. The van der Waals surface area contributed by atoms with E-state index in [0.29, 0.717) is 0 Å². The summed E-state index contributed by atoms with van der Waals surface area (Å²) in [6.45, 7) is 0. The number of aliphatic hydroxyl groups excluding tert-OH is 1. The fourth-order valence-electron chi connectivity index (χ4n) is 0.558. The van der Waals surface area contributed by atoms with Crippen molar-refractivity contribution in [1.29, 1.82) is 0 Å². The summed E-state index contributed by atoms with van der Waals surface area (Å²) in [6.07, 6.45) is -1.85. The third-order valence-corrected chi connectivity index (χ3v) is 1.13. The molecule has 1 unspecified atom stereocenters. The maximum atomic E-state index is 9.85. The average molecular weight is 206 g/mol. The molecule has 0 spiro atoms. The average Bonchev–Trinajstić information content (AvgIpc) is 1.86.